The fourth-order valence-corrected chi connectivity index (χ4v) is 10.1. The second-order valence-corrected chi connectivity index (χ2v) is 14.2. The number of hydrogen-bond donors (Lipinski definition) is 1. The van der Waals surface area contributed by atoms with E-state index in [0.29, 0.717) is 12.8 Å². The lowest BCUT2D eigenvalue weighted by Gasteiger charge is -2.65. The zero-order valence-electron chi connectivity index (χ0n) is 24.2. The van der Waals surface area contributed by atoms with E-state index in [1.807, 2.05) is 49.4 Å². The lowest BCUT2D eigenvalue weighted by Crippen LogP contribution is -2.79. The molecule has 220 valence electrons. The summed E-state index contributed by atoms with van der Waals surface area (Å²) >= 11 is 0. The summed E-state index contributed by atoms with van der Waals surface area (Å²) in [5.74, 6) is 0.420. The number of carbonyl (C=O) groups is 1. The first-order valence-corrected chi connectivity index (χ1v) is 16.7. The van der Waals surface area contributed by atoms with Crippen LogP contribution < -0.4 is 9.46 Å². The first kappa shape index (κ1) is 27.6. The maximum Gasteiger partial charge on any atom is 0.303 e. The van der Waals surface area contributed by atoms with Crippen molar-refractivity contribution in [3.63, 3.8) is 0 Å². The Bertz CT molecular complexity index is 1630. The van der Waals surface area contributed by atoms with Crippen molar-refractivity contribution >= 4 is 16.0 Å². The third-order valence-corrected chi connectivity index (χ3v) is 11.6. The number of ether oxygens (including phenoxy) is 2. The molecule has 2 aliphatic heterocycles. The Morgan fingerprint density at radius 2 is 1.83 bits per heavy atom. The van der Waals surface area contributed by atoms with E-state index in [1.54, 1.807) is 0 Å². The van der Waals surface area contributed by atoms with Crippen LogP contribution in [0.4, 0.5) is 0 Å². The van der Waals surface area contributed by atoms with Gasteiger partial charge in [-0.15, -0.1) is 0 Å². The highest BCUT2D eigenvalue weighted by molar-refractivity contribution is 7.88. The highest BCUT2D eigenvalue weighted by Crippen LogP contribution is 2.65. The van der Waals surface area contributed by atoms with Gasteiger partial charge in [-0.3, -0.25) is 9.69 Å². The Morgan fingerprint density at radius 1 is 1.05 bits per heavy atom. The van der Waals surface area contributed by atoms with Gasteiger partial charge in [-0.1, -0.05) is 66.7 Å². The highest BCUT2D eigenvalue weighted by Gasteiger charge is 2.75. The number of aryl methyl sites for hydroxylation is 1. The maximum atomic E-state index is 13.6. The van der Waals surface area contributed by atoms with Crippen molar-refractivity contribution in [2.24, 2.45) is 0 Å². The SMILES string of the molecule is CC(=O)O[C@@]12CC[C@H](NS(=O)(=O)Cc3ccccc3C)[C@@H]3Oc4cccc5c4[C@@]31CCN(CCc1ccccc1)[C@@H]2C5. The van der Waals surface area contributed by atoms with E-state index >= 15 is 0 Å². The molecule has 0 radical (unpaired) electrons. The van der Waals surface area contributed by atoms with Crippen molar-refractivity contribution in [2.75, 3.05) is 13.1 Å². The van der Waals surface area contributed by atoms with Gasteiger partial charge in [0.25, 0.3) is 0 Å². The molecule has 2 heterocycles. The smallest absolute Gasteiger partial charge is 0.303 e. The molecule has 2 fully saturated rings. The van der Waals surface area contributed by atoms with Gasteiger partial charge >= 0.3 is 5.97 Å². The van der Waals surface area contributed by atoms with Gasteiger partial charge in [0.15, 0.2) is 0 Å². The van der Waals surface area contributed by atoms with Crippen LogP contribution in [0.3, 0.4) is 0 Å². The molecule has 2 bridgehead atoms. The van der Waals surface area contributed by atoms with Crippen LogP contribution in [-0.2, 0) is 43.6 Å². The van der Waals surface area contributed by atoms with Crippen molar-refractivity contribution < 1.29 is 22.7 Å². The minimum absolute atomic E-state index is 0.0182. The number of esters is 1. The van der Waals surface area contributed by atoms with E-state index in [-0.39, 0.29) is 17.8 Å². The van der Waals surface area contributed by atoms with Gasteiger partial charge in [0.1, 0.15) is 17.5 Å². The van der Waals surface area contributed by atoms with Crippen molar-refractivity contribution in [2.45, 2.75) is 80.9 Å². The predicted molar refractivity (Wildman–Crippen MR) is 161 cm³/mol. The van der Waals surface area contributed by atoms with Crippen molar-refractivity contribution in [1.29, 1.82) is 0 Å². The van der Waals surface area contributed by atoms with E-state index in [4.69, 9.17) is 9.47 Å². The molecule has 2 aliphatic carbocycles. The molecule has 1 saturated heterocycles. The van der Waals surface area contributed by atoms with Crippen LogP contribution in [0.1, 0.15) is 54.0 Å². The average Bonchev–Trinajstić information content (AvgIpc) is 3.30. The number of nitrogens with zero attached hydrogens (tertiary/aromatic N) is 1. The molecule has 42 heavy (non-hydrogen) atoms. The van der Waals surface area contributed by atoms with E-state index in [9.17, 15) is 13.2 Å². The number of carbonyl (C=O) groups excluding carboxylic acids is 1. The van der Waals surface area contributed by atoms with Gasteiger partial charge < -0.3 is 9.47 Å². The van der Waals surface area contributed by atoms with Gasteiger partial charge in [-0.2, -0.15) is 0 Å². The first-order valence-electron chi connectivity index (χ1n) is 15.0. The molecule has 0 aromatic heterocycles. The Morgan fingerprint density at radius 3 is 2.62 bits per heavy atom. The van der Waals surface area contributed by atoms with Gasteiger partial charge in [-0.25, -0.2) is 13.1 Å². The molecular formula is C34H38N2O5S. The van der Waals surface area contributed by atoms with E-state index in [2.05, 4.69) is 40.0 Å². The number of sulfonamides is 1. The third-order valence-electron chi connectivity index (χ3n) is 10.2. The van der Waals surface area contributed by atoms with Crippen LogP contribution in [-0.4, -0.2) is 56.2 Å². The number of nitrogens with one attached hydrogen (secondary N) is 1. The summed E-state index contributed by atoms with van der Waals surface area (Å²) in [6.45, 7) is 5.13. The van der Waals surface area contributed by atoms with Crippen LogP contribution in [0.5, 0.6) is 5.75 Å². The molecule has 3 aromatic rings. The van der Waals surface area contributed by atoms with Crippen molar-refractivity contribution in [3.05, 3.63) is 101 Å². The lowest BCUT2D eigenvalue weighted by molar-refractivity contribution is -0.218. The Hall–Kier alpha value is -3.20. The summed E-state index contributed by atoms with van der Waals surface area (Å²) in [5.41, 5.74) is 3.95. The number of benzene rings is 3. The Balaban J connectivity index is 1.26. The summed E-state index contributed by atoms with van der Waals surface area (Å²) in [5, 5.41) is 0. The third kappa shape index (κ3) is 4.29. The van der Waals surface area contributed by atoms with E-state index in [0.717, 1.165) is 54.8 Å². The highest BCUT2D eigenvalue weighted by atomic mass is 32.2. The second kappa shape index (κ2) is 10.2. The summed E-state index contributed by atoms with van der Waals surface area (Å²) in [7, 11) is -3.66. The normalized spacial score (nSPS) is 29.4. The first-order chi connectivity index (χ1) is 20.2. The number of hydrogen-bond acceptors (Lipinski definition) is 6. The van der Waals surface area contributed by atoms with Gasteiger partial charge in [0.2, 0.25) is 10.0 Å². The quantitative estimate of drug-likeness (QED) is 0.393. The Labute approximate surface area is 248 Å². The summed E-state index contributed by atoms with van der Waals surface area (Å²) in [6.07, 6.45) is 3.05. The van der Waals surface area contributed by atoms with E-state index < -0.39 is 33.2 Å². The standard InChI is InChI=1S/C34H38N2O5S/c1-23-9-6-7-12-27(23)22-42(38,39)35-28-15-17-34(41-24(2)37)30-21-26-13-8-14-29-31(26)33(34,32(28)40-29)18-20-36(30)19-16-25-10-4-3-5-11-25/h3-14,28,30,32,35H,15-22H2,1-2H3/t28-,30+,32-,33-,34+/m0/s1. The molecule has 1 saturated carbocycles. The summed E-state index contributed by atoms with van der Waals surface area (Å²) in [4.78, 5) is 15.4. The van der Waals surface area contributed by atoms with Crippen LogP contribution in [0, 0.1) is 6.92 Å². The molecular weight excluding hydrogens is 548 g/mol. The average molecular weight is 587 g/mol. The number of likely N-dealkylation sites (tertiary alicyclic amines) is 1. The predicted octanol–water partition coefficient (Wildman–Crippen LogP) is 4.45. The number of piperidine rings is 1. The van der Waals surface area contributed by atoms with Crippen LogP contribution in [0.15, 0.2) is 72.8 Å². The van der Waals surface area contributed by atoms with Crippen LogP contribution in [0.25, 0.3) is 0 Å². The monoisotopic (exact) mass is 586 g/mol. The van der Waals surface area contributed by atoms with Gasteiger partial charge in [0.05, 0.1) is 23.3 Å². The second-order valence-electron chi connectivity index (χ2n) is 12.5. The molecule has 8 heteroatoms. The molecule has 4 aliphatic rings. The van der Waals surface area contributed by atoms with Crippen molar-refractivity contribution in [3.8, 4) is 5.75 Å². The number of rotatable bonds is 8. The fraction of sp³-hybridized carbons (Fsp3) is 0.441. The molecule has 5 atom stereocenters. The summed E-state index contributed by atoms with van der Waals surface area (Å²) < 4.78 is 43.5. The molecule has 0 unspecified atom stereocenters. The van der Waals surface area contributed by atoms with E-state index in [1.165, 1.54) is 18.1 Å². The van der Waals surface area contributed by atoms with Crippen molar-refractivity contribution in [1.82, 2.24) is 9.62 Å². The fourth-order valence-electron chi connectivity index (χ4n) is 8.59. The molecule has 1 spiro atoms. The Kier molecular flexibility index (Phi) is 6.72. The maximum absolute atomic E-state index is 13.6. The minimum atomic E-state index is -3.66. The minimum Gasteiger partial charge on any atom is -0.487 e. The van der Waals surface area contributed by atoms with Gasteiger partial charge in [0, 0.05) is 19.0 Å². The van der Waals surface area contributed by atoms with Gasteiger partial charge in [-0.05, 0) is 73.9 Å². The zero-order chi connectivity index (χ0) is 29.1. The molecule has 7 nitrogen and oxygen atoms in total. The summed E-state index contributed by atoms with van der Waals surface area (Å²) in [6, 6.07) is 23.8. The zero-order valence-corrected chi connectivity index (χ0v) is 25.0. The largest absolute Gasteiger partial charge is 0.487 e. The molecule has 3 aromatic carbocycles. The molecule has 0 amide bonds. The molecule has 1 N–H and O–H groups in total. The topological polar surface area (TPSA) is 84.9 Å². The van der Waals surface area contributed by atoms with Crippen LogP contribution >= 0.6 is 0 Å². The molecule has 7 rings (SSSR count). The lowest BCUT2D eigenvalue weighted by atomic mass is 9.48. The van der Waals surface area contributed by atoms with Crippen LogP contribution in [0.2, 0.25) is 0 Å².